The zero-order chi connectivity index (χ0) is 15.3. The lowest BCUT2D eigenvalue weighted by atomic mass is 9.82. The van der Waals surface area contributed by atoms with Crippen LogP contribution in [-0.2, 0) is 12.8 Å². The van der Waals surface area contributed by atoms with Crippen LogP contribution in [0.4, 0.5) is 10.2 Å². The number of nitrogen functional groups attached to an aromatic ring is 1. The third kappa shape index (κ3) is 1.89. The molecule has 2 heterocycles. The second kappa shape index (κ2) is 4.80. The average molecular weight is 296 g/mol. The minimum absolute atomic E-state index is 0.248. The highest BCUT2D eigenvalue weighted by atomic mass is 19.1. The maximum Gasteiger partial charge on any atom is 0.158 e. The van der Waals surface area contributed by atoms with Gasteiger partial charge in [-0.25, -0.2) is 9.37 Å². The second-order valence-corrected chi connectivity index (χ2v) is 6.08. The van der Waals surface area contributed by atoms with Crippen molar-refractivity contribution in [1.82, 2.24) is 15.2 Å². The number of nitrogens with one attached hydrogen (secondary N) is 1. The summed E-state index contributed by atoms with van der Waals surface area (Å²) >= 11 is 0. The van der Waals surface area contributed by atoms with Gasteiger partial charge in [-0.3, -0.25) is 5.10 Å². The third-order valence-electron chi connectivity index (χ3n) is 4.52. The minimum atomic E-state index is -0.248. The molecule has 0 spiro atoms. The van der Waals surface area contributed by atoms with Crippen LogP contribution in [0.25, 0.3) is 22.3 Å². The first-order chi connectivity index (χ1) is 10.6. The molecule has 2 aromatic heterocycles. The molecule has 4 nitrogen and oxygen atoms in total. The van der Waals surface area contributed by atoms with E-state index in [2.05, 4.69) is 22.1 Å². The van der Waals surface area contributed by atoms with Crippen LogP contribution in [0.5, 0.6) is 0 Å². The second-order valence-electron chi connectivity index (χ2n) is 6.08. The Morgan fingerprint density at radius 1 is 1.27 bits per heavy atom. The van der Waals surface area contributed by atoms with Crippen molar-refractivity contribution in [1.29, 1.82) is 0 Å². The van der Waals surface area contributed by atoms with Crippen LogP contribution >= 0.6 is 0 Å². The summed E-state index contributed by atoms with van der Waals surface area (Å²) in [4.78, 5) is 4.63. The van der Waals surface area contributed by atoms with Crippen LogP contribution in [0.2, 0.25) is 0 Å². The summed E-state index contributed by atoms with van der Waals surface area (Å²) in [5, 5.41) is 7.86. The number of pyridine rings is 1. The smallest absolute Gasteiger partial charge is 0.158 e. The molecule has 22 heavy (non-hydrogen) atoms. The molecule has 0 fully saturated rings. The monoisotopic (exact) mass is 296 g/mol. The molecule has 1 atom stereocenters. The lowest BCUT2D eigenvalue weighted by molar-refractivity contribution is 0.503. The normalized spacial score (nSPS) is 17.6. The van der Waals surface area contributed by atoms with Crippen LogP contribution < -0.4 is 5.73 Å². The molecular formula is C17H17FN4. The Balaban J connectivity index is 2.06. The Hall–Kier alpha value is -2.43. The Bertz CT molecular complexity index is 868. The molecule has 5 heteroatoms. The number of benzene rings is 1. The van der Waals surface area contributed by atoms with Crippen molar-refractivity contribution < 1.29 is 4.39 Å². The van der Waals surface area contributed by atoms with Gasteiger partial charge in [-0.2, -0.15) is 5.10 Å². The molecule has 0 aliphatic heterocycles. The maximum absolute atomic E-state index is 14.2. The topological polar surface area (TPSA) is 67.6 Å². The van der Waals surface area contributed by atoms with Gasteiger partial charge >= 0.3 is 0 Å². The number of rotatable bonds is 1. The Morgan fingerprint density at radius 3 is 2.91 bits per heavy atom. The fraction of sp³-hybridized carbons (Fsp3) is 0.294. The zero-order valence-corrected chi connectivity index (χ0v) is 12.4. The molecule has 0 radical (unpaired) electrons. The van der Waals surface area contributed by atoms with Gasteiger partial charge in [0.1, 0.15) is 5.82 Å². The Kier molecular flexibility index (Phi) is 2.89. The molecule has 3 aromatic rings. The highest BCUT2D eigenvalue weighted by molar-refractivity contribution is 5.93. The highest BCUT2D eigenvalue weighted by Gasteiger charge is 2.25. The molecule has 0 amide bonds. The lowest BCUT2D eigenvalue weighted by Gasteiger charge is -2.24. The summed E-state index contributed by atoms with van der Waals surface area (Å²) in [6, 6.07) is 6.78. The van der Waals surface area contributed by atoms with Crippen molar-refractivity contribution in [3.05, 3.63) is 41.2 Å². The van der Waals surface area contributed by atoms with Crippen molar-refractivity contribution in [2.75, 3.05) is 5.73 Å². The first-order valence-electron chi connectivity index (χ1n) is 7.55. The first kappa shape index (κ1) is 13.2. The number of nitrogens with two attached hydrogens (primary N) is 1. The molecule has 0 bridgehead atoms. The van der Waals surface area contributed by atoms with Gasteiger partial charge in [-0.15, -0.1) is 0 Å². The van der Waals surface area contributed by atoms with E-state index in [0.717, 1.165) is 35.9 Å². The molecule has 1 aliphatic rings. The fourth-order valence-corrected chi connectivity index (χ4v) is 3.41. The SMILES string of the molecule is CC1CCc2c(-c3ccccc3F)nc3[nH]nc(N)c3c2C1. The molecule has 1 aliphatic carbocycles. The molecule has 112 valence electrons. The van der Waals surface area contributed by atoms with Crippen molar-refractivity contribution in [3.63, 3.8) is 0 Å². The van der Waals surface area contributed by atoms with E-state index in [9.17, 15) is 4.39 Å². The fourth-order valence-electron chi connectivity index (χ4n) is 3.41. The number of aromatic amines is 1. The summed E-state index contributed by atoms with van der Waals surface area (Å²) in [6.07, 6.45) is 2.91. The van der Waals surface area contributed by atoms with Crippen LogP contribution in [0, 0.1) is 11.7 Å². The number of nitrogens with zero attached hydrogens (tertiary/aromatic N) is 2. The van der Waals surface area contributed by atoms with Crippen LogP contribution in [-0.4, -0.2) is 15.2 Å². The van der Waals surface area contributed by atoms with Gasteiger partial charge in [0, 0.05) is 5.56 Å². The number of anilines is 1. The van der Waals surface area contributed by atoms with Gasteiger partial charge < -0.3 is 5.73 Å². The van der Waals surface area contributed by atoms with Crippen molar-refractivity contribution in [3.8, 4) is 11.3 Å². The van der Waals surface area contributed by atoms with Crippen LogP contribution in [0.1, 0.15) is 24.5 Å². The van der Waals surface area contributed by atoms with Crippen molar-refractivity contribution in [2.45, 2.75) is 26.2 Å². The molecule has 0 saturated carbocycles. The van der Waals surface area contributed by atoms with Gasteiger partial charge in [0.25, 0.3) is 0 Å². The predicted octanol–water partition coefficient (Wildman–Crippen LogP) is 3.47. The van der Waals surface area contributed by atoms with Gasteiger partial charge in [0.05, 0.1) is 11.1 Å². The quantitative estimate of drug-likeness (QED) is 0.722. The molecule has 4 rings (SSSR count). The standard InChI is InChI=1S/C17H17FN4/c1-9-6-7-10-12(8-9)14-16(19)21-22-17(14)20-15(10)11-4-2-3-5-13(11)18/h2-5,9H,6-8H2,1H3,(H3,19,20,21,22). The number of fused-ring (bicyclic) bond motifs is 3. The summed E-state index contributed by atoms with van der Waals surface area (Å²) in [6.45, 7) is 2.23. The number of H-pyrrole nitrogens is 1. The lowest BCUT2D eigenvalue weighted by Crippen LogP contribution is -2.14. The molecule has 1 aromatic carbocycles. The number of hydrogen-bond acceptors (Lipinski definition) is 3. The summed E-state index contributed by atoms with van der Waals surface area (Å²) in [5.74, 6) is 0.816. The summed E-state index contributed by atoms with van der Waals surface area (Å²) < 4.78 is 14.2. The molecule has 0 saturated heterocycles. The Labute approximate surface area is 127 Å². The van der Waals surface area contributed by atoms with Gasteiger partial charge in [0.2, 0.25) is 0 Å². The van der Waals surface area contributed by atoms with E-state index in [1.807, 2.05) is 6.07 Å². The zero-order valence-electron chi connectivity index (χ0n) is 12.4. The van der Waals surface area contributed by atoms with E-state index in [-0.39, 0.29) is 5.82 Å². The van der Waals surface area contributed by atoms with Crippen molar-refractivity contribution >= 4 is 16.9 Å². The molecule has 1 unspecified atom stereocenters. The minimum Gasteiger partial charge on any atom is -0.382 e. The molecule has 3 N–H and O–H groups in total. The summed E-state index contributed by atoms with van der Waals surface area (Å²) in [5.41, 5.74) is 10.2. The Morgan fingerprint density at radius 2 is 2.09 bits per heavy atom. The van der Waals surface area contributed by atoms with E-state index in [1.54, 1.807) is 12.1 Å². The average Bonchev–Trinajstić information content (AvgIpc) is 2.88. The largest absolute Gasteiger partial charge is 0.382 e. The predicted molar refractivity (Wildman–Crippen MR) is 84.9 cm³/mol. The van der Waals surface area contributed by atoms with Crippen LogP contribution in [0.3, 0.4) is 0 Å². The number of halogens is 1. The van der Waals surface area contributed by atoms with Gasteiger partial charge in [0.15, 0.2) is 11.5 Å². The summed E-state index contributed by atoms with van der Waals surface area (Å²) in [7, 11) is 0. The van der Waals surface area contributed by atoms with E-state index in [1.165, 1.54) is 11.6 Å². The van der Waals surface area contributed by atoms with E-state index >= 15 is 0 Å². The van der Waals surface area contributed by atoms with Gasteiger partial charge in [-0.1, -0.05) is 19.1 Å². The number of hydrogen-bond donors (Lipinski definition) is 2. The van der Waals surface area contributed by atoms with E-state index < -0.39 is 0 Å². The third-order valence-corrected chi connectivity index (χ3v) is 4.52. The molecular weight excluding hydrogens is 279 g/mol. The number of aromatic nitrogens is 3. The van der Waals surface area contributed by atoms with E-state index in [4.69, 9.17) is 5.73 Å². The highest BCUT2D eigenvalue weighted by Crippen LogP contribution is 2.38. The first-order valence-corrected chi connectivity index (χ1v) is 7.55. The van der Waals surface area contributed by atoms with Crippen molar-refractivity contribution in [2.24, 2.45) is 5.92 Å². The maximum atomic E-state index is 14.2. The van der Waals surface area contributed by atoms with E-state index in [0.29, 0.717) is 22.9 Å². The van der Waals surface area contributed by atoms with Crippen LogP contribution in [0.15, 0.2) is 24.3 Å². The van der Waals surface area contributed by atoms with Gasteiger partial charge in [-0.05, 0) is 48.4 Å².